The highest BCUT2D eigenvalue weighted by atomic mass is 31.2. The van der Waals surface area contributed by atoms with Gasteiger partial charge in [0, 0.05) is 12.8 Å². The highest BCUT2D eigenvalue weighted by Gasteiger charge is 2.22. The van der Waals surface area contributed by atoms with Crippen molar-refractivity contribution in [1.82, 2.24) is 0 Å². The molecule has 0 aromatic carbocycles. The topological polar surface area (TPSA) is 111 Å². The summed E-state index contributed by atoms with van der Waals surface area (Å²) in [7, 11) is 1.18. The average Bonchev–Trinajstić information content (AvgIpc) is 3.56. The molecule has 0 bridgehead atoms. The fourth-order valence-electron chi connectivity index (χ4n) is 10.4. The summed E-state index contributed by atoms with van der Waals surface area (Å²) in [5.74, 6) is -0.819. The minimum atomic E-state index is -4.64. The van der Waals surface area contributed by atoms with Gasteiger partial charge in [0.05, 0.1) is 27.7 Å². The second-order valence-corrected chi connectivity index (χ2v) is 27.0. The molecule has 0 radical (unpaired) electrons. The van der Waals surface area contributed by atoms with E-state index in [1.165, 1.54) is 225 Å². The van der Waals surface area contributed by atoms with Gasteiger partial charge in [-0.25, -0.2) is 0 Å². The third-order valence-corrected chi connectivity index (χ3v) is 16.9. The maximum atomic E-state index is 12.9. The van der Waals surface area contributed by atoms with E-state index in [9.17, 15) is 19.0 Å². The number of allylic oxidation sites excluding steroid dienone is 14. The Morgan fingerprint density at radius 1 is 0.372 bits per heavy atom. The molecule has 0 aromatic heterocycles. The number of esters is 2. The summed E-state index contributed by atoms with van der Waals surface area (Å²) < 4.78 is 34.4. The number of hydrogen-bond donors (Lipinski definition) is 0. The third kappa shape index (κ3) is 70.3. The van der Waals surface area contributed by atoms with Gasteiger partial charge in [0.15, 0.2) is 6.10 Å². The van der Waals surface area contributed by atoms with Crippen molar-refractivity contribution in [1.29, 1.82) is 0 Å². The van der Waals surface area contributed by atoms with Gasteiger partial charge in [-0.05, 0) is 89.9 Å². The number of likely N-dealkylation sites (N-methyl/N-ethyl adjacent to an activating group) is 1. The smallest absolute Gasteiger partial charge is 0.306 e. The Labute approximate surface area is 532 Å². The summed E-state index contributed by atoms with van der Waals surface area (Å²) in [5, 5.41) is 0. The molecule has 0 saturated carbocycles. The number of unbranched alkanes of at least 4 members (excludes halogenated alkanes) is 39. The molecule has 0 aliphatic carbocycles. The molecule has 0 saturated heterocycles. The van der Waals surface area contributed by atoms with Crippen LogP contribution in [0.2, 0.25) is 0 Å². The summed E-state index contributed by atoms with van der Waals surface area (Å²) >= 11 is 0. The van der Waals surface area contributed by atoms with Gasteiger partial charge >= 0.3 is 11.9 Å². The zero-order valence-electron chi connectivity index (χ0n) is 57.0. The molecule has 9 nitrogen and oxygen atoms in total. The van der Waals surface area contributed by atoms with Crippen LogP contribution in [0.1, 0.15) is 335 Å². The van der Waals surface area contributed by atoms with Crippen molar-refractivity contribution >= 4 is 19.8 Å². The number of ether oxygens (including phenoxy) is 2. The Balaban J connectivity index is 3.99. The Bertz CT molecular complexity index is 1730. The molecule has 500 valence electrons. The van der Waals surface area contributed by atoms with E-state index in [2.05, 4.69) is 98.9 Å². The zero-order valence-corrected chi connectivity index (χ0v) is 57.9. The van der Waals surface area contributed by atoms with Crippen LogP contribution < -0.4 is 4.89 Å². The molecule has 0 spiro atoms. The molecule has 0 aliphatic rings. The van der Waals surface area contributed by atoms with E-state index >= 15 is 0 Å². The molecule has 0 heterocycles. The van der Waals surface area contributed by atoms with Crippen molar-refractivity contribution in [2.24, 2.45) is 0 Å². The van der Waals surface area contributed by atoms with Crippen molar-refractivity contribution in [2.45, 2.75) is 341 Å². The predicted octanol–water partition coefficient (Wildman–Crippen LogP) is 23.1. The van der Waals surface area contributed by atoms with Gasteiger partial charge in [0.25, 0.3) is 7.82 Å². The van der Waals surface area contributed by atoms with Crippen LogP contribution in [0.3, 0.4) is 0 Å². The number of phosphoric acid groups is 1. The van der Waals surface area contributed by atoms with Crippen LogP contribution >= 0.6 is 7.82 Å². The number of rotatable bonds is 67. The van der Waals surface area contributed by atoms with Gasteiger partial charge in [-0.2, -0.15) is 0 Å². The first-order valence-corrected chi connectivity index (χ1v) is 37.8. The lowest BCUT2D eigenvalue weighted by atomic mass is 10.0. The Hall–Kier alpha value is -2.81. The molecule has 0 aliphatic heterocycles. The standard InChI is InChI=1S/C76H138NO8P/c1-6-8-10-12-14-16-18-20-22-24-26-28-30-32-34-35-36-37-38-39-40-41-43-45-47-49-51-53-55-57-59-61-63-65-67-69-76(79)85-74(73-84-86(80,81)83-71-70-77(3,4)5)72-82-75(78)68-66-64-62-60-58-56-54-52-50-48-46-44-42-33-31-29-27-25-23-21-19-17-15-13-11-9-7-2/h8,10,14,16,19-22,25-28,32,34,74H,6-7,9,11-13,15,17-18,23-24,29-31,33,35-73H2,1-5H3/b10-8-,16-14-,21-19-,22-20-,27-25-,28-26-,34-32-. The largest absolute Gasteiger partial charge is 0.756 e. The minimum Gasteiger partial charge on any atom is -0.756 e. The first-order valence-electron chi connectivity index (χ1n) is 36.3. The summed E-state index contributed by atoms with van der Waals surface area (Å²) in [6.45, 7) is 4.16. The van der Waals surface area contributed by atoms with Crippen molar-refractivity contribution in [3.63, 3.8) is 0 Å². The summed E-state index contributed by atoms with van der Waals surface area (Å²) in [6.07, 6.45) is 91.0. The second kappa shape index (κ2) is 66.6. The molecule has 0 rings (SSSR count). The minimum absolute atomic E-state index is 0.0310. The van der Waals surface area contributed by atoms with Gasteiger partial charge in [-0.3, -0.25) is 14.2 Å². The molecule has 0 N–H and O–H groups in total. The number of quaternary nitrogens is 1. The van der Waals surface area contributed by atoms with Crippen molar-refractivity contribution in [2.75, 3.05) is 47.5 Å². The van der Waals surface area contributed by atoms with Gasteiger partial charge in [-0.15, -0.1) is 0 Å². The van der Waals surface area contributed by atoms with Crippen molar-refractivity contribution < 1.29 is 42.1 Å². The van der Waals surface area contributed by atoms with Gasteiger partial charge in [-0.1, -0.05) is 317 Å². The number of nitrogens with zero attached hydrogens (tertiary/aromatic N) is 1. The fourth-order valence-corrected chi connectivity index (χ4v) is 11.1. The lowest BCUT2D eigenvalue weighted by Gasteiger charge is -2.28. The molecule has 10 heteroatoms. The maximum absolute atomic E-state index is 12.9. The van der Waals surface area contributed by atoms with E-state index in [-0.39, 0.29) is 32.0 Å². The maximum Gasteiger partial charge on any atom is 0.306 e. The van der Waals surface area contributed by atoms with Crippen LogP contribution in [0.15, 0.2) is 85.1 Å². The van der Waals surface area contributed by atoms with Gasteiger partial charge in [0.2, 0.25) is 0 Å². The number of carbonyl (C=O) groups is 2. The van der Waals surface area contributed by atoms with Crippen LogP contribution in [-0.2, 0) is 32.7 Å². The fraction of sp³-hybridized carbons (Fsp3) is 0.789. The Morgan fingerprint density at radius 2 is 0.663 bits per heavy atom. The monoisotopic (exact) mass is 1220 g/mol. The normalized spacial score (nSPS) is 13.6. The highest BCUT2D eigenvalue weighted by molar-refractivity contribution is 7.45. The summed E-state index contributed by atoms with van der Waals surface area (Å²) in [6, 6.07) is 0. The van der Waals surface area contributed by atoms with E-state index in [1.807, 2.05) is 21.1 Å². The molecule has 0 aromatic rings. The summed E-state index contributed by atoms with van der Waals surface area (Å²) in [5.41, 5.74) is 0. The van der Waals surface area contributed by atoms with Crippen LogP contribution in [0.5, 0.6) is 0 Å². The highest BCUT2D eigenvalue weighted by Crippen LogP contribution is 2.38. The van der Waals surface area contributed by atoms with Crippen LogP contribution in [0, 0.1) is 0 Å². The molecule has 0 fully saturated rings. The van der Waals surface area contributed by atoms with Gasteiger partial charge < -0.3 is 27.9 Å². The predicted molar refractivity (Wildman–Crippen MR) is 369 cm³/mol. The van der Waals surface area contributed by atoms with E-state index in [0.717, 1.165) is 77.0 Å². The Kier molecular flexibility index (Phi) is 64.4. The van der Waals surface area contributed by atoms with Crippen LogP contribution in [-0.4, -0.2) is 70.0 Å². The molecule has 2 unspecified atom stereocenters. The Morgan fingerprint density at radius 3 is 0.988 bits per heavy atom. The van der Waals surface area contributed by atoms with E-state index in [1.54, 1.807) is 0 Å². The molecule has 2 atom stereocenters. The molecule has 0 amide bonds. The first-order chi connectivity index (χ1) is 42.0. The third-order valence-electron chi connectivity index (χ3n) is 15.9. The number of hydrogen-bond acceptors (Lipinski definition) is 8. The van der Waals surface area contributed by atoms with E-state index < -0.39 is 26.5 Å². The zero-order chi connectivity index (χ0) is 62.6. The first kappa shape index (κ1) is 83.2. The van der Waals surface area contributed by atoms with Crippen molar-refractivity contribution in [3.05, 3.63) is 85.1 Å². The number of phosphoric ester groups is 1. The molecular formula is C76H138NO8P. The summed E-state index contributed by atoms with van der Waals surface area (Å²) in [4.78, 5) is 38.1. The van der Waals surface area contributed by atoms with E-state index in [0.29, 0.717) is 17.4 Å². The lowest BCUT2D eigenvalue weighted by molar-refractivity contribution is -0.870. The number of carbonyl (C=O) groups excluding carboxylic acids is 2. The van der Waals surface area contributed by atoms with Crippen LogP contribution in [0.4, 0.5) is 0 Å². The van der Waals surface area contributed by atoms with Crippen LogP contribution in [0.25, 0.3) is 0 Å². The second-order valence-electron chi connectivity index (χ2n) is 25.6. The van der Waals surface area contributed by atoms with E-state index in [4.69, 9.17) is 18.5 Å². The SMILES string of the molecule is CC/C=C\C/C=C\C/C=C\C/C=C\C/C=C\CCCCCCCCCCCCCCCCCCCCCC(=O)OC(COC(=O)CCCCCCCCCCCCCCCCC/C=C\C/C=C\CCCCCCC)COP(=O)([O-])OCC[N+](C)(C)C. The average molecular weight is 1220 g/mol. The molecular weight excluding hydrogens is 1090 g/mol. The lowest BCUT2D eigenvalue weighted by Crippen LogP contribution is -2.37. The molecule has 86 heavy (non-hydrogen) atoms. The quantitative estimate of drug-likeness (QED) is 0.0195. The van der Waals surface area contributed by atoms with Gasteiger partial charge in [0.1, 0.15) is 19.8 Å². The van der Waals surface area contributed by atoms with Crippen molar-refractivity contribution in [3.8, 4) is 0 Å².